The van der Waals surface area contributed by atoms with Gasteiger partial charge in [-0.15, -0.1) is 0 Å². The number of unbranched alkanes of at least 4 members (excludes halogenated alkanes) is 2. The van der Waals surface area contributed by atoms with E-state index < -0.39 is 16.1 Å². The number of nitrogens with one attached hydrogen (secondary N) is 2. The molecule has 34 heavy (non-hydrogen) atoms. The topological polar surface area (TPSA) is 105 Å². The van der Waals surface area contributed by atoms with Crippen LogP contribution < -0.4 is 14.8 Å². The van der Waals surface area contributed by atoms with Gasteiger partial charge in [-0.05, 0) is 62.5 Å². The number of amides is 3. The van der Waals surface area contributed by atoms with Crippen molar-refractivity contribution in [2.24, 2.45) is 5.92 Å². The standard InChI is InChI=1S/C24H34FN3O5S/c25-20-12-11-18-19(23(20)33-16-17-9-10-17)7-3-1-4-8-21(18)27-34(31,32)14-6-2-5-13-28-15-22(29)26-24(28)30/h11-12,17,21,27H,1-10,13-16H2,(H,26,29,30). The van der Waals surface area contributed by atoms with Crippen LogP contribution >= 0.6 is 0 Å². The van der Waals surface area contributed by atoms with Crippen LogP contribution in [0.3, 0.4) is 0 Å². The highest BCUT2D eigenvalue weighted by Gasteiger charge is 2.28. The van der Waals surface area contributed by atoms with Crippen LogP contribution in [0.2, 0.25) is 0 Å². The molecule has 3 aliphatic rings. The number of ether oxygens (including phenoxy) is 1. The predicted octanol–water partition coefficient (Wildman–Crippen LogP) is 3.41. The lowest BCUT2D eigenvalue weighted by molar-refractivity contribution is -0.118. The molecule has 1 unspecified atom stereocenters. The third kappa shape index (κ3) is 6.69. The van der Waals surface area contributed by atoms with Crippen molar-refractivity contribution in [1.29, 1.82) is 0 Å². The maximum atomic E-state index is 14.6. The Kier molecular flexibility index (Phi) is 8.08. The summed E-state index contributed by atoms with van der Waals surface area (Å²) in [6, 6.07) is 2.31. The number of benzene rings is 1. The lowest BCUT2D eigenvalue weighted by atomic mass is 9.89. The van der Waals surface area contributed by atoms with E-state index in [0.717, 1.165) is 43.2 Å². The number of fused-ring (bicyclic) bond motifs is 1. The average molecular weight is 496 g/mol. The van der Waals surface area contributed by atoms with Gasteiger partial charge in [0, 0.05) is 18.2 Å². The van der Waals surface area contributed by atoms with Gasteiger partial charge in [0.15, 0.2) is 11.6 Å². The van der Waals surface area contributed by atoms with E-state index in [2.05, 4.69) is 10.0 Å². The third-order valence-corrected chi connectivity index (χ3v) is 8.20. The summed E-state index contributed by atoms with van der Waals surface area (Å²) in [5, 5.41) is 2.23. The predicted molar refractivity (Wildman–Crippen MR) is 125 cm³/mol. The highest BCUT2D eigenvalue weighted by molar-refractivity contribution is 7.89. The minimum Gasteiger partial charge on any atom is -0.490 e. The lowest BCUT2D eigenvalue weighted by Crippen LogP contribution is -2.32. The van der Waals surface area contributed by atoms with Gasteiger partial charge in [0.2, 0.25) is 15.9 Å². The first kappa shape index (κ1) is 24.9. The third-order valence-electron chi connectivity index (χ3n) is 6.73. The zero-order chi connectivity index (χ0) is 24.1. The lowest BCUT2D eigenvalue weighted by Gasteiger charge is -2.26. The van der Waals surface area contributed by atoms with E-state index in [-0.39, 0.29) is 30.1 Å². The number of hydrogen-bond donors (Lipinski definition) is 2. The molecule has 4 rings (SSSR count). The molecule has 0 aromatic heterocycles. The van der Waals surface area contributed by atoms with E-state index in [9.17, 15) is 22.4 Å². The first-order valence-corrected chi connectivity index (χ1v) is 14.0. The normalized spacial score (nSPS) is 21.1. The molecule has 1 saturated carbocycles. The molecule has 0 radical (unpaired) electrons. The summed E-state index contributed by atoms with van der Waals surface area (Å²) in [6.07, 6.45) is 8.07. The SMILES string of the molecule is O=C1CN(CCCCCS(=O)(=O)NC2CCCCCc3c2ccc(F)c3OCC2CC2)C(=O)N1. The first-order chi connectivity index (χ1) is 16.3. The van der Waals surface area contributed by atoms with Crippen LogP contribution in [-0.4, -0.2) is 50.7 Å². The number of hydrogen-bond acceptors (Lipinski definition) is 5. The molecule has 1 atom stereocenters. The van der Waals surface area contributed by atoms with E-state index >= 15 is 0 Å². The van der Waals surface area contributed by atoms with Gasteiger partial charge in [-0.3, -0.25) is 10.1 Å². The molecule has 2 aliphatic carbocycles. The van der Waals surface area contributed by atoms with Crippen LogP contribution in [0.15, 0.2) is 12.1 Å². The molecule has 1 heterocycles. The van der Waals surface area contributed by atoms with Gasteiger partial charge in [0.25, 0.3) is 0 Å². The summed E-state index contributed by atoms with van der Waals surface area (Å²) in [5.74, 6) is 0.0847. The van der Waals surface area contributed by atoms with Gasteiger partial charge >= 0.3 is 6.03 Å². The van der Waals surface area contributed by atoms with Crippen molar-refractivity contribution in [1.82, 2.24) is 14.9 Å². The van der Waals surface area contributed by atoms with Gasteiger partial charge in [-0.1, -0.05) is 25.3 Å². The molecule has 1 aliphatic heterocycles. The van der Waals surface area contributed by atoms with Crippen molar-refractivity contribution < 1.29 is 27.1 Å². The van der Waals surface area contributed by atoms with Crippen molar-refractivity contribution in [2.45, 2.75) is 70.3 Å². The molecule has 1 aromatic rings. The number of nitrogens with zero attached hydrogens (tertiary/aromatic N) is 1. The highest BCUT2D eigenvalue weighted by Crippen LogP contribution is 2.37. The van der Waals surface area contributed by atoms with E-state index in [1.165, 1.54) is 11.0 Å². The second kappa shape index (κ2) is 11.0. The fourth-order valence-corrected chi connectivity index (χ4v) is 6.04. The Labute approximate surface area is 200 Å². The molecule has 3 amide bonds. The zero-order valence-electron chi connectivity index (χ0n) is 19.5. The van der Waals surface area contributed by atoms with Crippen LogP contribution in [0.25, 0.3) is 0 Å². The minimum absolute atomic E-state index is 0.0177. The van der Waals surface area contributed by atoms with Gasteiger partial charge < -0.3 is 9.64 Å². The summed E-state index contributed by atoms with van der Waals surface area (Å²) < 4.78 is 49.1. The molecule has 0 bridgehead atoms. The number of sulfonamides is 1. The zero-order valence-corrected chi connectivity index (χ0v) is 20.3. The Bertz CT molecular complexity index is 1010. The summed E-state index contributed by atoms with van der Waals surface area (Å²) in [4.78, 5) is 24.2. The van der Waals surface area contributed by atoms with Crippen molar-refractivity contribution in [3.05, 3.63) is 29.1 Å². The second-order valence-corrected chi connectivity index (χ2v) is 11.5. The fraction of sp³-hybridized carbons (Fsp3) is 0.667. The molecule has 8 nitrogen and oxygen atoms in total. The summed E-state index contributed by atoms with van der Waals surface area (Å²) in [5.41, 5.74) is 1.62. The smallest absolute Gasteiger partial charge is 0.324 e. The number of imide groups is 1. The maximum absolute atomic E-state index is 14.6. The van der Waals surface area contributed by atoms with Crippen molar-refractivity contribution in [3.8, 4) is 5.75 Å². The van der Waals surface area contributed by atoms with Crippen LogP contribution in [0.4, 0.5) is 9.18 Å². The molecular weight excluding hydrogens is 461 g/mol. The Hall–Kier alpha value is -2.20. The number of urea groups is 1. The van der Waals surface area contributed by atoms with E-state index in [4.69, 9.17) is 4.74 Å². The monoisotopic (exact) mass is 495 g/mol. The molecule has 2 fully saturated rings. The van der Waals surface area contributed by atoms with Crippen LogP contribution in [0.5, 0.6) is 5.75 Å². The summed E-state index contributed by atoms with van der Waals surface area (Å²) in [6.45, 7) is 1.000. The van der Waals surface area contributed by atoms with Gasteiger partial charge in [-0.2, -0.15) is 0 Å². The molecule has 188 valence electrons. The van der Waals surface area contributed by atoms with Gasteiger partial charge in [0.05, 0.1) is 12.4 Å². The van der Waals surface area contributed by atoms with Gasteiger partial charge in [-0.25, -0.2) is 22.3 Å². The Balaban J connectivity index is 1.35. The van der Waals surface area contributed by atoms with Crippen molar-refractivity contribution in [2.75, 3.05) is 25.4 Å². The molecule has 1 saturated heterocycles. The number of carbonyl (C=O) groups excluding carboxylic acids is 2. The number of carbonyl (C=O) groups is 2. The number of halogens is 1. The summed E-state index contributed by atoms with van der Waals surface area (Å²) in [7, 11) is -3.54. The van der Waals surface area contributed by atoms with Crippen LogP contribution in [0, 0.1) is 11.7 Å². The minimum atomic E-state index is -3.54. The molecule has 1 aromatic carbocycles. The fourth-order valence-electron chi connectivity index (χ4n) is 4.66. The largest absolute Gasteiger partial charge is 0.490 e. The van der Waals surface area contributed by atoms with E-state index in [1.54, 1.807) is 6.07 Å². The van der Waals surface area contributed by atoms with E-state index in [1.807, 2.05) is 0 Å². The Morgan fingerprint density at radius 1 is 1.09 bits per heavy atom. The van der Waals surface area contributed by atoms with Crippen LogP contribution in [-0.2, 0) is 21.2 Å². The Morgan fingerprint density at radius 3 is 2.65 bits per heavy atom. The molecule has 10 heteroatoms. The quantitative estimate of drug-likeness (QED) is 0.362. The average Bonchev–Trinajstić information content (AvgIpc) is 3.53. The van der Waals surface area contributed by atoms with Crippen molar-refractivity contribution in [3.63, 3.8) is 0 Å². The molecule has 2 N–H and O–H groups in total. The first-order valence-electron chi connectivity index (χ1n) is 12.4. The molecular formula is C24H34FN3O5S. The maximum Gasteiger partial charge on any atom is 0.324 e. The summed E-state index contributed by atoms with van der Waals surface area (Å²) >= 11 is 0. The van der Waals surface area contributed by atoms with Gasteiger partial charge in [0.1, 0.15) is 6.54 Å². The van der Waals surface area contributed by atoms with Crippen LogP contribution in [0.1, 0.15) is 75.0 Å². The highest BCUT2D eigenvalue weighted by atomic mass is 32.2. The van der Waals surface area contributed by atoms with E-state index in [0.29, 0.717) is 56.9 Å². The van der Waals surface area contributed by atoms with Crippen molar-refractivity contribution >= 4 is 22.0 Å². The Morgan fingerprint density at radius 2 is 1.91 bits per heavy atom. The second-order valence-electron chi connectivity index (χ2n) is 9.62. The molecule has 0 spiro atoms. The number of rotatable bonds is 11.